The van der Waals surface area contributed by atoms with Crippen LogP contribution in [0.15, 0.2) is 251 Å². The number of pyridine rings is 12. The molecule has 0 aliphatic heterocycles. The monoisotopic (exact) mass is 1990 g/mol. The lowest BCUT2D eigenvalue weighted by Crippen LogP contribution is -2.27. The molecule has 12 aromatic heterocycles. The summed E-state index contributed by atoms with van der Waals surface area (Å²) in [5, 5.41) is 27.9. The Morgan fingerprint density at radius 2 is 0.580 bits per heavy atom. The van der Waals surface area contributed by atoms with Crippen LogP contribution in [-0.4, -0.2) is 195 Å². The number of nitrogens with one attached hydrogen (secondary N) is 4. The van der Waals surface area contributed by atoms with Gasteiger partial charge in [-0.25, -0.2) is 39.9 Å². The first-order valence-corrected chi connectivity index (χ1v) is 49.7. The molecule has 0 unspecified atom stereocenters. The van der Waals surface area contributed by atoms with E-state index in [1.807, 2.05) is 168 Å². The normalized spacial score (nSPS) is 11.2. The number of methoxy groups -OCH3 is 1. The molecule has 16 rings (SSSR count). The molecule has 4 aromatic carbocycles. The van der Waals surface area contributed by atoms with E-state index in [0.717, 1.165) is 139 Å². The fourth-order valence-electron chi connectivity index (χ4n) is 16.6. The molecule has 0 radical (unpaired) electrons. The van der Waals surface area contributed by atoms with Crippen LogP contribution in [0.4, 0.5) is 46.5 Å². The van der Waals surface area contributed by atoms with E-state index < -0.39 is 0 Å². The molecule has 12 heterocycles. The quantitative estimate of drug-likeness (QED) is 0.0238. The molecular weight excluding hydrogens is 1870 g/mol. The Morgan fingerprint density at radius 3 is 0.881 bits per heavy atom. The molecule has 0 saturated heterocycles. The Labute approximate surface area is 848 Å². The summed E-state index contributed by atoms with van der Waals surface area (Å²) in [5.41, 5.74) is 8.31. The van der Waals surface area contributed by atoms with Gasteiger partial charge in [0.05, 0.1) is 75.1 Å². The number of rotatable bonds is 41. The zero-order chi connectivity index (χ0) is 102. The molecule has 0 atom stereocenters. The summed E-state index contributed by atoms with van der Waals surface area (Å²) >= 11 is 19.2. The van der Waals surface area contributed by atoms with Crippen LogP contribution in [0.2, 0.25) is 15.1 Å². The van der Waals surface area contributed by atoms with Crippen LogP contribution in [0.5, 0.6) is 34.5 Å². The molecule has 0 bridgehead atoms. The number of phenols is 1. The first-order chi connectivity index (χ1) is 69.5. The number of hydrogen-bond acceptors (Lipinski definition) is 26. The minimum absolute atomic E-state index is 0.00390. The van der Waals surface area contributed by atoms with Gasteiger partial charge < -0.3 is 87.9 Å². The summed E-state index contributed by atoms with van der Waals surface area (Å²) < 4.78 is 35.6. The van der Waals surface area contributed by atoms with Gasteiger partial charge in [-0.1, -0.05) is 145 Å². The van der Waals surface area contributed by atoms with Crippen LogP contribution in [0.3, 0.4) is 0 Å². The first kappa shape index (κ1) is 106. The minimum atomic E-state index is -0.241. The van der Waals surface area contributed by atoms with Crippen LogP contribution in [0.1, 0.15) is 88.6 Å². The highest BCUT2D eigenvalue weighted by atomic mass is 35.5. The lowest BCUT2D eigenvalue weighted by Gasteiger charge is -2.18. The summed E-state index contributed by atoms with van der Waals surface area (Å²) in [7, 11) is 1.56. The number of aromatic nitrogens is 12. The van der Waals surface area contributed by atoms with Gasteiger partial charge in [0.2, 0.25) is 0 Å². The Kier molecular flexibility index (Phi) is 38.4. The fraction of sp³-hybridized carbons (Fsp3) is 0.309. The van der Waals surface area contributed by atoms with Gasteiger partial charge in [0.15, 0.2) is 0 Å². The summed E-state index contributed by atoms with van der Waals surface area (Å²) in [6.45, 7) is 42.9. The van der Waals surface area contributed by atoms with Crippen molar-refractivity contribution in [2.24, 2.45) is 0 Å². The molecule has 0 aliphatic rings. The van der Waals surface area contributed by atoms with E-state index in [0.29, 0.717) is 176 Å². The maximum absolute atomic E-state index is 13.5. The number of phenolic OH excluding ortho intramolecular Hbond substituents is 1. The Morgan fingerprint density at radius 1 is 0.301 bits per heavy atom. The molecule has 30 nitrogen and oxygen atoms in total. The summed E-state index contributed by atoms with van der Waals surface area (Å²) in [4.78, 5) is 98.6. The molecule has 746 valence electrons. The molecule has 33 heteroatoms. The number of halogens is 3. The van der Waals surface area contributed by atoms with E-state index in [4.69, 9.17) is 58.5 Å². The average molecular weight is 1990 g/mol. The van der Waals surface area contributed by atoms with Crippen molar-refractivity contribution in [2.45, 2.75) is 116 Å². The van der Waals surface area contributed by atoms with E-state index >= 15 is 0 Å². The second-order valence-corrected chi connectivity index (χ2v) is 34.4. The highest BCUT2D eigenvalue weighted by Gasteiger charge is 2.23. The molecule has 0 fully saturated rings. The van der Waals surface area contributed by atoms with Crippen LogP contribution in [-0.2, 0) is 26.2 Å². The zero-order valence-electron chi connectivity index (χ0n) is 83.5. The Bertz CT molecular complexity index is 6990. The SMILES string of the molecule is CCN(CC)CCOc1ccc(Nc2cc3c(cn2)cc(-c2c(Cl)cccc2OC)c(=O)n3CC)nc1.CCN(CC)CCOc1ccc(Nc2cc3c(cn2)cc(-c2c(O)cccc2Cl)c(=O)n3CC)nc1.CCN(CC)CCOc1ccc(Nc2cc3c(cn2)cc(-c2ccccc2C)c(=O)n3CC)nc1.CCN(CC)CCOc1ccc(Nc2cc3c(cn2)cc(-c2ccccc2Cl)c(=O)n3CC)nc1. The molecule has 0 saturated carbocycles. The topological polar surface area (TPSA) is 319 Å². The van der Waals surface area contributed by atoms with Crippen LogP contribution in [0, 0.1) is 6.92 Å². The number of benzene rings is 4. The number of anilines is 8. The van der Waals surface area contributed by atoms with Gasteiger partial charge in [0.25, 0.3) is 22.2 Å². The maximum Gasteiger partial charge on any atom is 0.259 e. The molecular formula is C110H125Cl3N20O10. The standard InChI is InChI=1S/C28H32ClN5O3.C28H33N5O2.C27H30ClN5O3.C27H30ClN5O2/c1-5-33(6-2)13-14-37-20-11-12-25(31-18-20)32-26-16-23-19(17-30-26)15-21(28(35)34(23)7-3)27-22(29)9-8-10-24(27)36-4;1-5-32(6-2)14-15-35-22-12-13-26(30-19-22)31-27-17-25-21(18-29-27)16-24(28(34)33(25)7-3)23-11-9-8-10-20(23)4;1-4-32(5-2)12-13-36-19-10-11-24(30-17-19)31-25-15-22-18(16-29-25)14-20(27(35)33(22)6-3)26-21(28)8-7-9-23(26)34;1-4-32(5-2)13-14-35-20-11-12-25(30-18-20)31-26-16-24-19(17-29-26)15-22(27(34)33(24)6-3)21-9-7-8-10-23(21)28/h8-12,15-18H,5-7,13-14H2,1-4H3,(H,30,31,32);8-13,16-19H,5-7,14-15H2,1-4H3,(H,29,30,31);7-11,14-17,34H,4-6,12-13H2,1-3H3,(H,29,30,31);7-12,15-18H,4-6,13-14H2,1-3H3,(H,29,30,31). The van der Waals surface area contributed by atoms with Gasteiger partial charge in [0.1, 0.15) is 107 Å². The van der Waals surface area contributed by atoms with Crippen molar-refractivity contribution in [3.05, 3.63) is 294 Å². The van der Waals surface area contributed by atoms with E-state index in [9.17, 15) is 24.3 Å². The van der Waals surface area contributed by atoms with Gasteiger partial charge in [0, 0.05) is 156 Å². The predicted molar refractivity (Wildman–Crippen MR) is 580 cm³/mol. The predicted octanol–water partition coefficient (Wildman–Crippen LogP) is 21.8. The van der Waals surface area contributed by atoms with Gasteiger partial charge in [-0.2, -0.15) is 0 Å². The number of aromatic hydroxyl groups is 1. The van der Waals surface area contributed by atoms with E-state index in [1.54, 1.807) is 117 Å². The highest BCUT2D eigenvalue weighted by Crippen LogP contribution is 2.39. The molecule has 0 spiro atoms. The van der Waals surface area contributed by atoms with Crippen molar-refractivity contribution in [2.75, 3.05) is 133 Å². The van der Waals surface area contributed by atoms with Crippen molar-refractivity contribution >= 4 is 125 Å². The molecule has 0 aliphatic carbocycles. The van der Waals surface area contributed by atoms with Gasteiger partial charge in [-0.3, -0.25) is 19.2 Å². The smallest absolute Gasteiger partial charge is 0.259 e. The molecule has 0 amide bonds. The molecule has 5 N–H and O–H groups in total. The number of aryl methyl sites for hydroxylation is 5. The lowest BCUT2D eigenvalue weighted by molar-refractivity contribution is 0.222. The number of ether oxygens (including phenoxy) is 5. The fourth-order valence-corrected chi connectivity index (χ4v) is 17.4. The van der Waals surface area contributed by atoms with Crippen molar-refractivity contribution in [1.82, 2.24) is 77.7 Å². The van der Waals surface area contributed by atoms with Crippen LogP contribution >= 0.6 is 34.8 Å². The van der Waals surface area contributed by atoms with Gasteiger partial charge in [-0.05, 0) is 201 Å². The van der Waals surface area contributed by atoms with Gasteiger partial charge >= 0.3 is 0 Å². The zero-order valence-corrected chi connectivity index (χ0v) is 85.8. The van der Waals surface area contributed by atoms with Crippen LogP contribution < -0.4 is 67.2 Å². The van der Waals surface area contributed by atoms with E-state index in [1.165, 1.54) is 6.07 Å². The van der Waals surface area contributed by atoms with Crippen molar-refractivity contribution in [1.29, 1.82) is 0 Å². The third-order valence-electron chi connectivity index (χ3n) is 24.8. The van der Waals surface area contributed by atoms with Crippen molar-refractivity contribution < 1.29 is 28.8 Å². The largest absolute Gasteiger partial charge is 0.507 e. The van der Waals surface area contributed by atoms with Crippen molar-refractivity contribution in [3.63, 3.8) is 0 Å². The summed E-state index contributed by atoms with van der Waals surface area (Å²) in [5.74, 6) is 8.30. The third kappa shape index (κ3) is 26.9. The van der Waals surface area contributed by atoms with E-state index in [2.05, 4.69) is 136 Å². The lowest BCUT2D eigenvalue weighted by atomic mass is 10.0. The second-order valence-electron chi connectivity index (χ2n) is 33.2. The average Bonchev–Trinajstić information content (AvgIpc) is 0.726. The number of likely N-dealkylation sites (N-methyl/N-ethyl adjacent to an activating group) is 4. The Hall–Kier alpha value is -14.4. The highest BCUT2D eigenvalue weighted by molar-refractivity contribution is 6.34. The van der Waals surface area contributed by atoms with Crippen LogP contribution in [0.25, 0.3) is 88.1 Å². The minimum Gasteiger partial charge on any atom is -0.507 e. The third-order valence-corrected chi connectivity index (χ3v) is 25.7. The Balaban J connectivity index is 0.000000160. The summed E-state index contributed by atoms with van der Waals surface area (Å²) in [6, 6.07) is 55.1. The summed E-state index contributed by atoms with van der Waals surface area (Å²) in [6.07, 6.45) is 13.8. The first-order valence-electron chi connectivity index (χ1n) is 48.6. The van der Waals surface area contributed by atoms with E-state index in [-0.39, 0.29) is 28.0 Å². The maximum atomic E-state index is 13.5. The number of fused-ring (bicyclic) bond motifs is 4. The number of nitrogens with zero attached hydrogens (tertiary/aromatic N) is 16. The van der Waals surface area contributed by atoms with Gasteiger partial charge in [-0.15, -0.1) is 0 Å². The number of hydrogen-bond donors (Lipinski definition) is 5. The van der Waals surface area contributed by atoms with Crippen molar-refractivity contribution in [3.8, 4) is 79.0 Å². The molecule has 16 aromatic rings. The second kappa shape index (κ2) is 51.9. The molecule has 143 heavy (non-hydrogen) atoms.